The van der Waals surface area contributed by atoms with Crippen molar-refractivity contribution >= 4 is 18.4 Å². The Labute approximate surface area is 129 Å². The van der Waals surface area contributed by atoms with Crippen LogP contribution < -0.4 is 0 Å². The minimum Gasteiger partial charge on any atom is -0.298 e. The van der Waals surface area contributed by atoms with Gasteiger partial charge in [-0.1, -0.05) is 42.5 Å². The molecule has 3 rings (SSSR count). The number of aldehydes is 1. The van der Waals surface area contributed by atoms with E-state index in [2.05, 4.69) is 9.97 Å². The van der Waals surface area contributed by atoms with Crippen LogP contribution in [0.2, 0.25) is 0 Å². The van der Waals surface area contributed by atoms with Gasteiger partial charge < -0.3 is 0 Å². The van der Waals surface area contributed by atoms with Gasteiger partial charge in [0.2, 0.25) is 0 Å². The van der Waals surface area contributed by atoms with Gasteiger partial charge in [-0.2, -0.15) is 0 Å². The molecule has 1 aromatic carbocycles. The predicted octanol–water partition coefficient (Wildman–Crippen LogP) is 4.13. The molecule has 0 atom stereocenters. The molecule has 0 saturated carbocycles. The fourth-order valence-corrected chi connectivity index (χ4v) is 2.08. The molecule has 0 amide bonds. The molecule has 3 aromatic rings. The zero-order valence-electron chi connectivity index (χ0n) is 11.9. The first-order valence-electron chi connectivity index (χ1n) is 6.96. The predicted molar refractivity (Wildman–Crippen MR) is 88.2 cm³/mol. The van der Waals surface area contributed by atoms with Crippen molar-refractivity contribution in [1.29, 1.82) is 0 Å². The van der Waals surface area contributed by atoms with Crippen LogP contribution in [0.3, 0.4) is 0 Å². The fourth-order valence-electron chi connectivity index (χ4n) is 2.08. The lowest BCUT2D eigenvalue weighted by atomic mass is 10.1. The van der Waals surface area contributed by atoms with E-state index in [-0.39, 0.29) is 0 Å². The summed E-state index contributed by atoms with van der Waals surface area (Å²) in [4.78, 5) is 19.3. The fraction of sp³-hybridized carbons (Fsp3) is 0. The van der Waals surface area contributed by atoms with Gasteiger partial charge in [0, 0.05) is 18.0 Å². The number of carbonyl (C=O) groups is 1. The second kappa shape index (κ2) is 6.59. The third kappa shape index (κ3) is 3.33. The Kier molecular flexibility index (Phi) is 4.16. The third-order valence-electron chi connectivity index (χ3n) is 3.25. The van der Waals surface area contributed by atoms with Crippen LogP contribution in [0.25, 0.3) is 23.5 Å². The van der Waals surface area contributed by atoms with Crippen molar-refractivity contribution in [3.8, 4) is 11.4 Å². The number of hydrogen-bond donors (Lipinski definition) is 0. The normalized spacial score (nSPS) is 10.7. The Morgan fingerprint density at radius 1 is 0.682 bits per heavy atom. The zero-order chi connectivity index (χ0) is 15.2. The maximum atomic E-state index is 10.6. The first-order valence-corrected chi connectivity index (χ1v) is 6.96. The molecule has 0 aliphatic heterocycles. The number of aromatic nitrogens is 2. The molecule has 0 N–H and O–H groups in total. The Bertz CT molecular complexity index is 793. The molecule has 0 aliphatic rings. The molecule has 3 nitrogen and oxygen atoms in total. The first kappa shape index (κ1) is 13.9. The highest BCUT2D eigenvalue weighted by Crippen LogP contribution is 2.16. The summed E-state index contributed by atoms with van der Waals surface area (Å²) in [6.45, 7) is 0. The molecule has 0 saturated heterocycles. The van der Waals surface area contributed by atoms with Crippen molar-refractivity contribution in [2.45, 2.75) is 0 Å². The van der Waals surface area contributed by atoms with Crippen molar-refractivity contribution in [3.05, 3.63) is 83.7 Å². The summed E-state index contributed by atoms with van der Waals surface area (Å²) in [6.07, 6.45) is 8.40. The van der Waals surface area contributed by atoms with E-state index in [1.54, 1.807) is 24.5 Å². The molecule has 106 valence electrons. The van der Waals surface area contributed by atoms with Crippen molar-refractivity contribution in [3.63, 3.8) is 0 Å². The van der Waals surface area contributed by atoms with Crippen LogP contribution in [0, 0.1) is 0 Å². The summed E-state index contributed by atoms with van der Waals surface area (Å²) >= 11 is 0. The summed E-state index contributed by atoms with van der Waals surface area (Å²) in [5.41, 5.74) is 4.47. The highest BCUT2D eigenvalue weighted by atomic mass is 16.1. The lowest BCUT2D eigenvalue weighted by Gasteiger charge is -2.01. The Morgan fingerprint density at radius 2 is 1.41 bits per heavy atom. The molecule has 0 bridgehead atoms. The average molecular weight is 286 g/mol. The summed E-state index contributed by atoms with van der Waals surface area (Å²) in [7, 11) is 0. The Morgan fingerprint density at radius 3 is 2.14 bits per heavy atom. The summed E-state index contributed by atoms with van der Waals surface area (Å²) < 4.78 is 0. The molecule has 2 aromatic heterocycles. The minimum absolute atomic E-state index is 0.679. The number of carbonyl (C=O) groups excluding carboxylic acids is 1. The smallest absolute Gasteiger partial charge is 0.150 e. The van der Waals surface area contributed by atoms with Gasteiger partial charge in [0.1, 0.15) is 6.29 Å². The molecule has 22 heavy (non-hydrogen) atoms. The number of benzene rings is 1. The van der Waals surface area contributed by atoms with Crippen LogP contribution in [-0.4, -0.2) is 16.3 Å². The molecule has 2 heterocycles. The SMILES string of the molecule is O=Cc1ccc(C=Cc2ccnc(-c3ccccn3)c2)cc1. The highest BCUT2D eigenvalue weighted by Gasteiger charge is 1.99. The van der Waals surface area contributed by atoms with Gasteiger partial charge >= 0.3 is 0 Å². The molecular weight excluding hydrogens is 272 g/mol. The highest BCUT2D eigenvalue weighted by molar-refractivity contribution is 5.77. The lowest BCUT2D eigenvalue weighted by molar-refractivity contribution is 0.112. The maximum Gasteiger partial charge on any atom is 0.150 e. The molecule has 0 radical (unpaired) electrons. The molecular formula is C19H14N2O. The topological polar surface area (TPSA) is 42.9 Å². The van der Waals surface area contributed by atoms with Gasteiger partial charge in [0.25, 0.3) is 0 Å². The Hall–Kier alpha value is -3.07. The van der Waals surface area contributed by atoms with Gasteiger partial charge in [-0.3, -0.25) is 14.8 Å². The number of hydrogen-bond acceptors (Lipinski definition) is 3. The van der Waals surface area contributed by atoms with Crippen molar-refractivity contribution in [2.75, 3.05) is 0 Å². The molecule has 0 fully saturated rings. The number of pyridine rings is 2. The van der Waals surface area contributed by atoms with Crippen molar-refractivity contribution in [1.82, 2.24) is 9.97 Å². The van der Waals surface area contributed by atoms with E-state index in [0.29, 0.717) is 5.56 Å². The monoisotopic (exact) mass is 286 g/mol. The largest absolute Gasteiger partial charge is 0.298 e. The summed E-state index contributed by atoms with van der Waals surface area (Å²) in [6, 6.07) is 17.2. The number of nitrogens with zero attached hydrogens (tertiary/aromatic N) is 2. The van der Waals surface area contributed by atoms with Gasteiger partial charge in [0.05, 0.1) is 11.4 Å². The van der Waals surface area contributed by atoms with Crippen LogP contribution in [0.4, 0.5) is 0 Å². The molecule has 0 aliphatic carbocycles. The van der Waals surface area contributed by atoms with Crippen molar-refractivity contribution in [2.24, 2.45) is 0 Å². The van der Waals surface area contributed by atoms with Crippen LogP contribution in [0.15, 0.2) is 67.0 Å². The molecule has 0 unspecified atom stereocenters. The minimum atomic E-state index is 0.679. The molecule has 0 spiro atoms. The van der Waals surface area contributed by atoms with Gasteiger partial charge in [-0.25, -0.2) is 0 Å². The van der Waals surface area contributed by atoms with Crippen LogP contribution in [-0.2, 0) is 0 Å². The van der Waals surface area contributed by atoms with Crippen LogP contribution in [0.1, 0.15) is 21.5 Å². The zero-order valence-corrected chi connectivity index (χ0v) is 11.9. The first-order chi connectivity index (χ1) is 10.8. The van der Waals surface area contributed by atoms with E-state index >= 15 is 0 Å². The summed E-state index contributed by atoms with van der Waals surface area (Å²) in [5.74, 6) is 0. The third-order valence-corrected chi connectivity index (χ3v) is 3.25. The van der Waals surface area contributed by atoms with Gasteiger partial charge in [-0.05, 0) is 35.4 Å². The molecule has 3 heteroatoms. The van der Waals surface area contributed by atoms with E-state index in [1.165, 1.54) is 0 Å². The second-order valence-electron chi connectivity index (χ2n) is 4.81. The van der Waals surface area contributed by atoms with Crippen LogP contribution >= 0.6 is 0 Å². The van der Waals surface area contributed by atoms with Gasteiger partial charge in [0.15, 0.2) is 0 Å². The maximum absolute atomic E-state index is 10.6. The van der Waals surface area contributed by atoms with Gasteiger partial charge in [-0.15, -0.1) is 0 Å². The van der Waals surface area contributed by atoms with E-state index in [0.717, 1.165) is 28.8 Å². The average Bonchev–Trinajstić information content (AvgIpc) is 2.61. The quantitative estimate of drug-likeness (QED) is 0.677. The second-order valence-corrected chi connectivity index (χ2v) is 4.81. The van der Waals surface area contributed by atoms with Crippen LogP contribution in [0.5, 0.6) is 0 Å². The lowest BCUT2D eigenvalue weighted by Crippen LogP contribution is -1.86. The van der Waals surface area contributed by atoms with E-state index < -0.39 is 0 Å². The number of rotatable bonds is 4. The van der Waals surface area contributed by atoms with E-state index in [9.17, 15) is 4.79 Å². The summed E-state index contributed by atoms with van der Waals surface area (Å²) in [5, 5.41) is 0. The standard InChI is InChI=1S/C19H14N2O/c22-14-17-8-5-15(6-9-17)4-7-16-10-12-21-19(13-16)18-3-1-2-11-20-18/h1-14H. The Balaban J connectivity index is 1.83. The van der Waals surface area contributed by atoms with E-state index in [1.807, 2.05) is 54.6 Å². The van der Waals surface area contributed by atoms with Crippen molar-refractivity contribution < 1.29 is 4.79 Å². The van der Waals surface area contributed by atoms with E-state index in [4.69, 9.17) is 0 Å².